The van der Waals surface area contributed by atoms with E-state index in [0.717, 1.165) is 16.5 Å². The molecule has 0 aliphatic heterocycles. The van der Waals surface area contributed by atoms with Crippen LogP contribution in [0.2, 0.25) is 0 Å². The number of ether oxygens (including phenoxy) is 1. The van der Waals surface area contributed by atoms with Gasteiger partial charge in [-0.25, -0.2) is 9.50 Å². The Morgan fingerprint density at radius 2 is 2.32 bits per heavy atom. The topological polar surface area (TPSA) is 68.5 Å². The number of carbonyl (C=O) groups excluding carboxylic acids is 1. The van der Waals surface area contributed by atoms with Gasteiger partial charge in [-0.05, 0) is 25.1 Å². The summed E-state index contributed by atoms with van der Waals surface area (Å²) in [5.74, 6) is 1.32. The summed E-state index contributed by atoms with van der Waals surface area (Å²) >= 11 is 1.56. The van der Waals surface area contributed by atoms with Gasteiger partial charge in [-0.2, -0.15) is 5.10 Å². The van der Waals surface area contributed by atoms with Crippen molar-refractivity contribution >= 4 is 22.2 Å². The first kappa shape index (κ1) is 14.5. The fraction of sp³-hybridized carbons (Fsp3) is 0.267. The van der Waals surface area contributed by atoms with Crippen LogP contribution in [0.15, 0.2) is 29.6 Å². The van der Waals surface area contributed by atoms with Crippen molar-refractivity contribution in [1.29, 1.82) is 0 Å². The molecule has 1 amide bonds. The molecule has 114 valence electrons. The monoisotopic (exact) mass is 316 g/mol. The lowest BCUT2D eigenvalue weighted by Crippen LogP contribution is -2.26. The molecule has 0 radical (unpaired) electrons. The van der Waals surface area contributed by atoms with E-state index in [1.165, 1.54) is 0 Å². The first-order chi connectivity index (χ1) is 10.7. The summed E-state index contributed by atoms with van der Waals surface area (Å²) in [5.41, 5.74) is 1.64. The maximum atomic E-state index is 12.1. The summed E-state index contributed by atoms with van der Waals surface area (Å²) in [4.78, 5) is 17.3. The number of hydrogen-bond acceptors (Lipinski definition) is 5. The normalized spacial score (nSPS) is 10.8. The molecule has 2 heterocycles. The number of methoxy groups -OCH3 is 1. The average molecular weight is 316 g/mol. The quantitative estimate of drug-likeness (QED) is 0.782. The van der Waals surface area contributed by atoms with Crippen LogP contribution in [-0.4, -0.2) is 34.2 Å². The molecule has 1 N–H and O–H groups in total. The summed E-state index contributed by atoms with van der Waals surface area (Å²) in [6, 6.07) is 7.10. The number of aromatic nitrogens is 3. The van der Waals surface area contributed by atoms with Gasteiger partial charge in [0, 0.05) is 23.9 Å². The highest BCUT2D eigenvalue weighted by Gasteiger charge is 2.09. The lowest BCUT2D eigenvalue weighted by molar-refractivity contribution is 0.0953. The molecule has 0 atom stereocenters. The second-order valence-corrected chi connectivity index (χ2v) is 5.65. The van der Waals surface area contributed by atoms with Gasteiger partial charge in [0.2, 0.25) is 4.96 Å². The first-order valence-corrected chi connectivity index (χ1v) is 7.77. The van der Waals surface area contributed by atoms with Crippen LogP contribution < -0.4 is 10.1 Å². The molecule has 0 spiro atoms. The standard InChI is InChI=1S/C15H16N4O2S/c1-10-17-15-19(18-10)12(9-22-15)6-7-16-14(20)11-4-3-5-13(8-11)21-2/h3-5,8-9H,6-7H2,1-2H3,(H,16,20). The molecule has 1 aromatic carbocycles. The molecule has 0 aliphatic carbocycles. The maximum Gasteiger partial charge on any atom is 0.251 e. The fourth-order valence-electron chi connectivity index (χ4n) is 2.16. The Balaban J connectivity index is 1.61. The second kappa shape index (κ2) is 6.15. The van der Waals surface area contributed by atoms with E-state index in [9.17, 15) is 4.79 Å². The molecular formula is C15H16N4O2S. The van der Waals surface area contributed by atoms with Crippen LogP contribution in [-0.2, 0) is 6.42 Å². The molecular weight excluding hydrogens is 300 g/mol. The van der Waals surface area contributed by atoms with Crippen molar-refractivity contribution in [2.24, 2.45) is 0 Å². The van der Waals surface area contributed by atoms with Gasteiger partial charge in [0.15, 0.2) is 0 Å². The molecule has 0 bridgehead atoms. The molecule has 6 nitrogen and oxygen atoms in total. The maximum absolute atomic E-state index is 12.1. The van der Waals surface area contributed by atoms with E-state index in [2.05, 4.69) is 15.4 Å². The lowest BCUT2D eigenvalue weighted by atomic mass is 10.2. The van der Waals surface area contributed by atoms with Gasteiger partial charge in [0.25, 0.3) is 5.91 Å². The van der Waals surface area contributed by atoms with Crippen LogP contribution in [0.3, 0.4) is 0 Å². The van der Waals surface area contributed by atoms with Crippen LogP contribution in [0.4, 0.5) is 0 Å². The van der Waals surface area contributed by atoms with Crippen molar-refractivity contribution in [3.63, 3.8) is 0 Å². The zero-order valence-electron chi connectivity index (χ0n) is 12.4. The number of amides is 1. The smallest absolute Gasteiger partial charge is 0.251 e. The van der Waals surface area contributed by atoms with Gasteiger partial charge >= 0.3 is 0 Å². The third-order valence-corrected chi connectivity index (χ3v) is 4.12. The minimum Gasteiger partial charge on any atom is -0.497 e. The van der Waals surface area contributed by atoms with Gasteiger partial charge in [-0.15, -0.1) is 11.3 Å². The minimum atomic E-state index is -0.111. The predicted octanol–water partition coefficient (Wildman–Crippen LogP) is 2.08. The molecule has 0 fully saturated rings. The first-order valence-electron chi connectivity index (χ1n) is 6.89. The van der Waals surface area contributed by atoms with E-state index in [-0.39, 0.29) is 5.91 Å². The zero-order chi connectivity index (χ0) is 15.5. The van der Waals surface area contributed by atoms with Crippen molar-refractivity contribution in [3.8, 4) is 5.75 Å². The van der Waals surface area contributed by atoms with Gasteiger partial charge in [0.05, 0.1) is 12.8 Å². The number of hydrogen-bond donors (Lipinski definition) is 1. The molecule has 3 rings (SSSR count). The molecule has 22 heavy (non-hydrogen) atoms. The van der Waals surface area contributed by atoms with Crippen LogP contribution in [0.25, 0.3) is 4.96 Å². The molecule has 0 unspecified atom stereocenters. The number of benzene rings is 1. The van der Waals surface area contributed by atoms with E-state index in [1.54, 1.807) is 36.6 Å². The number of carbonyl (C=O) groups is 1. The van der Waals surface area contributed by atoms with Gasteiger partial charge in [0.1, 0.15) is 11.6 Å². The average Bonchev–Trinajstić information content (AvgIpc) is 3.07. The number of nitrogens with one attached hydrogen (secondary N) is 1. The molecule has 0 saturated carbocycles. The third kappa shape index (κ3) is 2.94. The number of nitrogens with zero attached hydrogens (tertiary/aromatic N) is 3. The molecule has 2 aromatic heterocycles. The Morgan fingerprint density at radius 3 is 3.14 bits per heavy atom. The fourth-order valence-corrected chi connectivity index (χ4v) is 3.07. The Labute approximate surface area is 131 Å². The zero-order valence-corrected chi connectivity index (χ0v) is 13.2. The molecule has 0 saturated heterocycles. The van der Waals surface area contributed by atoms with E-state index in [0.29, 0.717) is 24.3 Å². The van der Waals surface area contributed by atoms with Crippen LogP contribution in [0.5, 0.6) is 5.75 Å². The van der Waals surface area contributed by atoms with Crippen LogP contribution in [0, 0.1) is 6.92 Å². The van der Waals surface area contributed by atoms with Crippen LogP contribution in [0.1, 0.15) is 21.9 Å². The number of thiazole rings is 1. The lowest BCUT2D eigenvalue weighted by Gasteiger charge is -2.06. The van der Waals surface area contributed by atoms with Crippen molar-refractivity contribution < 1.29 is 9.53 Å². The molecule has 7 heteroatoms. The molecule has 0 aliphatic rings. The van der Waals surface area contributed by atoms with Gasteiger partial charge < -0.3 is 10.1 Å². The van der Waals surface area contributed by atoms with Crippen molar-refractivity contribution in [1.82, 2.24) is 19.9 Å². The van der Waals surface area contributed by atoms with Crippen molar-refractivity contribution in [3.05, 3.63) is 46.7 Å². The number of fused-ring (bicyclic) bond motifs is 1. The van der Waals surface area contributed by atoms with E-state index in [4.69, 9.17) is 4.74 Å². The number of aryl methyl sites for hydroxylation is 1. The summed E-state index contributed by atoms with van der Waals surface area (Å²) < 4.78 is 6.95. The van der Waals surface area contributed by atoms with Crippen molar-refractivity contribution in [2.45, 2.75) is 13.3 Å². The summed E-state index contributed by atoms with van der Waals surface area (Å²) in [5, 5.41) is 9.27. The summed E-state index contributed by atoms with van der Waals surface area (Å²) in [6.07, 6.45) is 0.707. The Morgan fingerprint density at radius 1 is 1.45 bits per heavy atom. The van der Waals surface area contributed by atoms with Crippen LogP contribution >= 0.6 is 11.3 Å². The van der Waals surface area contributed by atoms with E-state index < -0.39 is 0 Å². The third-order valence-electron chi connectivity index (χ3n) is 3.25. The predicted molar refractivity (Wildman–Crippen MR) is 84.6 cm³/mol. The Bertz CT molecular complexity index is 809. The summed E-state index contributed by atoms with van der Waals surface area (Å²) in [7, 11) is 1.58. The van der Waals surface area contributed by atoms with E-state index >= 15 is 0 Å². The highest BCUT2D eigenvalue weighted by Crippen LogP contribution is 2.15. The Kier molecular flexibility index (Phi) is 4.06. The number of rotatable bonds is 5. The second-order valence-electron chi connectivity index (χ2n) is 4.82. The van der Waals surface area contributed by atoms with Gasteiger partial charge in [-0.1, -0.05) is 6.07 Å². The highest BCUT2D eigenvalue weighted by atomic mass is 32.1. The largest absolute Gasteiger partial charge is 0.497 e. The SMILES string of the molecule is COc1cccc(C(=O)NCCc2csc3nc(C)nn23)c1. The summed E-state index contributed by atoms with van der Waals surface area (Å²) in [6.45, 7) is 2.41. The highest BCUT2D eigenvalue weighted by molar-refractivity contribution is 7.15. The van der Waals surface area contributed by atoms with Gasteiger partial charge in [-0.3, -0.25) is 4.79 Å². The molecule has 3 aromatic rings. The van der Waals surface area contributed by atoms with Crippen molar-refractivity contribution in [2.75, 3.05) is 13.7 Å². The van der Waals surface area contributed by atoms with E-state index in [1.807, 2.05) is 22.9 Å². The minimum absolute atomic E-state index is 0.111. The Hall–Kier alpha value is -2.41.